The maximum absolute atomic E-state index is 12.4. The summed E-state index contributed by atoms with van der Waals surface area (Å²) >= 11 is 0. The van der Waals surface area contributed by atoms with E-state index in [0.717, 1.165) is 28.1 Å². The topological polar surface area (TPSA) is 73.2 Å². The molecule has 3 rings (SSSR count). The van der Waals surface area contributed by atoms with Gasteiger partial charge in [-0.1, -0.05) is 60.2 Å². The molecule has 0 aliphatic carbocycles. The minimum Gasteiger partial charge on any atom is -0.449 e. The zero-order chi connectivity index (χ0) is 24.0. The summed E-state index contributed by atoms with van der Waals surface area (Å²) in [6.07, 6.45) is 2.14. The van der Waals surface area contributed by atoms with Crippen molar-refractivity contribution < 1.29 is 14.3 Å². The summed E-state index contributed by atoms with van der Waals surface area (Å²) < 4.78 is 7.22. The second-order valence-electron chi connectivity index (χ2n) is 8.28. The molecule has 2 unspecified atom stereocenters. The molecule has 0 bridgehead atoms. The van der Waals surface area contributed by atoms with Crippen LogP contribution in [0.4, 0.5) is 0 Å². The van der Waals surface area contributed by atoms with Gasteiger partial charge in [0.2, 0.25) is 0 Å². The van der Waals surface area contributed by atoms with Gasteiger partial charge in [0.25, 0.3) is 5.91 Å². The second kappa shape index (κ2) is 10.8. The van der Waals surface area contributed by atoms with Crippen LogP contribution < -0.4 is 5.32 Å². The minimum atomic E-state index is -0.903. The highest BCUT2D eigenvalue weighted by Gasteiger charge is 2.19. The largest absolute Gasteiger partial charge is 0.449 e. The Bertz CT molecular complexity index is 1130. The molecule has 3 aromatic rings. The summed E-state index contributed by atoms with van der Waals surface area (Å²) in [6.45, 7) is 10.0. The second-order valence-corrected chi connectivity index (χ2v) is 8.28. The van der Waals surface area contributed by atoms with Crippen LogP contribution in [0.1, 0.15) is 53.5 Å². The van der Waals surface area contributed by atoms with E-state index < -0.39 is 12.1 Å². The molecule has 1 amide bonds. The van der Waals surface area contributed by atoms with Crippen molar-refractivity contribution in [1.29, 1.82) is 0 Å². The summed E-state index contributed by atoms with van der Waals surface area (Å²) in [5.41, 5.74) is 6.01. The van der Waals surface area contributed by atoms with E-state index >= 15 is 0 Å². The molecule has 0 aliphatic rings. The number of amides is 1. The van der Waals surface area contributed by atoms with Gasteiger partial charge in [-0.25, -0.2) is 4.79 Å². The molecular weight excluding hydrogens is 414 g/mol. The van der Waals surface area contributed by atoms with Crippen LogP contribution in [0.3, 0.4) is 0 Å². The highest BCUT2D eigenvalue weighted by Crippen LogP contribution is 2.17. The Hall–Kier alpha value is -3.67. The monoisotopic (exact) mass is 445 g/mol. The number of nitrogens with one attached hydrogen (secondary N) is 1. The normalized spacial score (nSPS) is 13.0. The van der Waals surface area contributed by atoms with E-state index in [2.05, 4.69) is 41.6 Å². The number of carbonyl (C=O) groups excluding carboxylic acids is 2. The number of aromatic nitrogens is 2. The molecule has 0 saturated heterocycles. The molecule has 1 N–H and O–H groups in total. The average Bonchev–Trinajstić information content (AvgIpc) is 3.06. The van der Waals surface area contributed by atoms with E-state index in [9.17, 15) is 9.59 Å². The van der Waals surface area contributed by atoms with Gasteiger partial charge in [-0.15, -0.1) is 0 Å². The molecule has 1 aromatic heterocycles. The molecule has 0 spiro atoms. The first-order chi connectivity index (χ1) is 15.7. The van der Waals surface area contributed by atoms with Crippen molar-refractivity contribution in [2.24, 2.45) is 0 Å². The van der Waals surface area contributed by atoms with Crippen LogP contribution in [0.15, 0.2) is 60.7 Å². The summed E-state index contributed by atoms with van der Waals surface area (Å²) in [4.78, 5) is 24.7. The fraction of sp³-hybridized carbons (Fsp3) is 0.296. The highest BCUT2D eigenvalue weighted by atomic mass is 16.5. The molecule has 2 aromatic carbocycles. The van der Waals surface area contributed by atoms with Crippen LogP contribution in [-0.2, 0) is 20.9 Å². The molecule has 6 nitrogen and oxygen atoms in total. The summed E-state index contributed by atoms with van der Waals surface area (Å²) in [6, 6.07) is 17.8. The lowest BCUT2D eigenvalue weighted by Gasteiger charge is -2.17. The van der Waals surface area contributed by atoms with E-state index in [4.69, 9.17) is 4.74 Å². The van der Waals surface area contributed by atoms with E-state index in [1.807, 2.05) is 55.8 Å². The van der Waals surface area contributed by atoms with Crippen LogP contribution in [-0.4, -0.2) is 27.8 Å². The Morgan fingerprint density at radius 3 is 2.36 bits per heavy atom. The van der Waals surface area contributed by atoms with Crippen molar-refractivity contribution >= 4 is 18.0 Å². The SMILES string of the molecule is Cc1ccc(Cn2nc(C)c(/C=C/C(=O)OC(C)C(=O)NC(C)c3ccccc3)c2C)cc1. The van der Waals surface area contributed by atoms with Gasteiger partial charge < -0.3 is 10.1 Å². The lowest BCUT2D eigenvalue weighted by Crippen LogP contribution is -2.37. The third-order valence-electron chi connectivity index (χ3n) is 5.60. The number of esters is 1. The first-order valence-corrected chi connectivity index (χ1v) is 11.1. The van der Waals surface area contributed by atoms with Crippen molar-refractivity contribution in [3.05, 3.63) is 94.3 Å². The number of hydrogen-bond donors (Lipinski definition) is 1. The standard InChI is InChI=1S/C27H31N3O3/c1-18-11-13-23(14-12-18)17-30-21(4)25(20(3)29-30)15-16-26(31)33-22(5)27(32)28-19(2)24-9-7-6-8-10-24/h6-16,19,22H,17H2,1-5H3,(H,28,32)/b16-15+. The van der Waals surface area contributed by atoms with E-state index in [1.165, 1.54) is 11.6 Å². The van der Waals surface area contributed by atoms with Crippen LogP contribution in [0.2, 0.25) is 0 Å². The molecular formula is C27H31N3O3. The maximum atomic E-state index is 12.4. The Labute approximate surface area is 195 Å². The molecule has 172 valence electrons. The predicted molar refractivity (Wildman–Crippen MR) is 130 cm³/mol. The zero-order valence-electron chi connectivity index (χ0n) is 19.8. The van der Waals surface area contributed by atoms with Gasteiger partial charge in [-0.3, -0.25) is 9.48 Å². The molecule has 0 saturated carbocycles. The molecule has 1 heterocycles. The molecule has 0 aliphatic heterocycles. The molecule has 2 atom stereocenters. The smallest absolute Gasteiger partial charge is 0.331 e. The van der Waals surface area contributed by atoms with Crippen molar-refractivity contribution in [3.63, 3.8) is 0 Å². The fourth-order valence-electron chi connectivity index (χ4n) is 3.55. The summed E-state index contributed by atoms with van der Waals surface area (Å²) in [5.74, 6) is -0.915. The van der Waals surface area contributed by atoms with E-state index in [-0.39, 0.29) is 11.9 Å². The van der Waals surface area contributed by atoms with Gasteiger partial charge in [-0.05, 0) is 51.8 Å². The van der Waals surface area contributed by atoms with Gasteiger partial charge in [0.15, 0.2) is 6.10 Å². The summed E-state index contributed by atoms with van der Waals surface area (Å²) in [7, 11) is 0. The van der Waals surface area contributed by atoms with Gasteiger partial charge in [-0.2, -0.15) is 5.10 Å². The number of hydrogen-bond acceptors (Lipinski definition) is 4. The van der Waals surface area contributed by atoms with Crippen molar-refractivity contribution in [2.45, 2.75) is 53.3 Å². The third kappa shape index (κ3) is 6.42. The lowest BCUT2D eigenvalue weighted by atomic mass is 10.1. The van der Waals surface area contributed by atoms with Crippen LogP contribution >= 0.6 is 0 Å². The number of benzene rings is 2. The van der Waals surface area contributed by atoms with Crippen molar-refractivity contribution in [3.8, 4) is 0 Å². The number of ether oxygens (including phenoxy) is 1. The molecule has 33 heavy (non-hydrogen) atoms. The van der Waals surface area contributed by atoms with Crippen LogP contribution in [0.25, 0.3) is 6.08 Å². The van der Waals surface area contributed by atoms with Gasteiger partial charge >= 0.3 is 5.97 Å². The maximum Gasteiger partial charge on any atom is 0.331 e. The molecule has 6 heteroatoms. The van der Waals surface area contributed by atoms with Crippen molar-refractivity contribution in [2.75, 3.05) is 0 Å². The quantitative estimate of drug-likeness (QED) is 0.404. The number of nitrogens with zero attached hydrogens (tertiary/aromatic N) is 2. The number of rotatable bonds is 8. The van der Waals surface area contributed by atoms with Crippen LogP contribution in [0, 0.1) is 20.8 Å². The first kappa shape index (κ1) is 24.0. The Balaban J connectivity index is 1.59. The Morgan fingerprint density at radius 2 is 1.70 bits per heavy atom. The zero-order valence-corrected chi connectivity index (χ0v) is 19.8. The predicted octanol–water partition coefficient (Wildman–Crippen LogP) is 4.68. The molecule has 0 radical (unpaired) electrons. The first-order valence-electron chi connectivity index (χ1n) is 11.1. The van der Waals surface area contributed by atoms with E-state index in [0.29, 0.717) is 6.54 Å². The molecule has 0 fully saturated rings. The van der Waals surface area contributed by atoms with Crippen LogP contribution in [0.5, 0.6) is 0 Å². The van der Waals surface area contributed by atoms with E-state index in [1.54, 1.807) is 13.0 Å². The van der Waals surface area contributed by atoms with Gasteiger partial charge in [0, 0.05) is 17.3 Å². The van der Waals surface area contributed by atoms with Gasteiger partial charge in [0.05, 0.1) is 18.3 Å². The Morgan fingerprint density at radius 1 is 1.03 bits per heavy atom. The highest BCUT2D eigenvalue weighted by molar-refractivity contribution is 5.90. The fourth-order valence-corrected chi connectivity index (χ4v) is 3.55. The lowest BCUT2D eigenvalue weighted by molar-refractivity contribution is -0.150. The van der Waals surface area contributed by atoms with Gasteiger partial charge in [0.1, 0.15) is 0 Å². The summed E-state index contributed by atoms with van der Waals surface area (Å²) in [5, 5.41) is 7.48. The number of carbonyl (C=O) groups is 2. The third-order valence-corrected chi connectivity index (χ3v) is 5.60. The average molecular weight is 446 g/mol. The Kier molecular flexibility index (Phi) is 7.83. The minimum absolute atomic E-state index is 0.180. The van der Waals surface area contributed by atoms with Crippen molar-refractivity contribution in [1.82, 2.24) is 15.1 Å². The number of aryl methyl sites for hydroxylation is 2.